The summed E-state index contributed by atoms with van der Waals surface area (Å²) in [5, 5.41) is 2.70. The Morgan fingerprint density at radius 3 is 2.48 bits per heavy atom. The number of methoxy groups -OCH3 is 1. The number of carbonyl (C=O) groups excluding carboxylic acids is 1. The first kappa shape index (κ1) is 20.3. The van der Waals surface area contributed by atoms with E-state index in [4.69, 9.17) is 4.74 Å². The number of benzene rings is 2. The van der Waals surface area contributed by atoms with Crippen LogP contribution in [0.5, 0.6) is 5.75 Å². The van der Waals surface area contributed by atoms with Gasteiger partial charge in [0.25, 0.3) is 0 Å². The van der Waals surface area contributed by atoms with Crippen LogP contribution in [0, 0.1) is 5.82 Å². The van der Waals surface area contributed by atoms with Gasteiger partial charge in [0.1, 0.15) is 17.4 Å². The molecule has 10 heteroatoms. The van der Waals surface area contributed by atoms with Crippen LogP contribution in [0.3, 0.4) is 0 Å². The molecule has 2 aromatic carbocycles. The number of ether oxygens (including phenoxy) is 1. The number of halogens is 4. The predicted octanol–water partition coefficient (Wildman–Crippen LogP) is 4.52. The van der Waals surface area contributed by atoms with E-state index in [2.05, 4.69) is 15.3 Å². The van der Waals surface area contributed by atoms with Crippen molar-refractivity contribution < 1.29 is 27.1 Å². The van der Waals surface area contributed by atoms with Crippen LogP contribution in [-0.2, 0) is 11.0 Å². The molecule has 152 valence electrons. The summed E-state index contributed by atoms with van der Waals surface area (Å²) in [5.41, 5.74) is 0.669. The maximum absolute atomic E-state index is 13.8. The fourth-order valence-corrected chi connectivity index (χ4v) is 2.78. The monoisotopic (exact) mass is 408 g/mol. The highest BCUT2D eigenvalue weighted by molar-refractivity contribution is 5.94. The van der Waals surface area contributed by atoms with Crippen LogP contribution in [0.25, 0.3) is 10.9 Å². The van der Waals surface area contributed by atoms with Crippen molar-refractivity contribution in [1.29, 1.82) is 0 Å². The molecule has 0 aliphatic rings. The molecule has 3 aromatic rings. The number of hydrogen-bond acceptors (Lipinski definition) is 5. The summed E-state index contributed by atoms with van der Waals surface area (Å²) >= 11 is 0. The van der Waals surface area contributed by atoms with Gasteiger partial charge in [-0.3, -0.25) is 4.79 Å². The summed E-state index contributed by atoms with van der Waals surface area (Å²) < 4.78 is 58.7. The molecule has 0 spiro atoms. The molecule has 1 heterocycles. The topological polar surface area (TPSA) is 67.3 Å². The van der Waals surface area contributed by atoms with E-state index in [-0.39, 0.29) is 22.6 Å². The molecule has 0 aliphatic carbocycles. The Labute approximate surface area is 163 Å². The lowest BCUT2D eigenvalue weighted by Gasteiger charge is -2.22. The largest absolute Gasteiger partial charge is 0.495 e. The highest BCUT2D eigenvalue weighted by Crippen LogP contribution is 2.36. The van der Waals surface area contributed by atoms with Crippen LogP contribution >= 0.6 is 0 Å². The van der Waals surface area contributed by atoms with Gasteiger partial charge in [-0.05, 0) is 36.4 Å². The number of fused-ring (bicyclic) bond motifs is 1. The Balaban J connectivity index is 2.19. The molecule has 29 heavy (non-hydrogen) atoms. The van der Waals surface area contributed by atoms with Gasteiger partial charge < -0.3 is 15.0 Å². The van der Waals surface area contributed by atoms with Gasteiger partial charge in [0.05, 0.1) is 18.3 Å². The van der Waals surface area contributed by atoms with E-state index in [1.807, 2.05) is 0 Å². The quantitative estimate of drug-likeness (QED) is 0.643. The zero-order valence-corrected chi connectivity index (χ0v) is 15.6. The average Bonchev–Trinajstić information content (AvgIpc) is 2.65. The number of amides is 1. The van der Waals surface area contributed by atoms with Crippen molar-refractivity contribution >= 4 is 34.0 Å². The molecule has 0 radical (unpaired) electrons. The number of hydrogen-bond donors (Lipinski definition) is 1. The molecular formula is C19H16F4N4O2. The van der Waals surface area contributed by atoms with Crippen LogP contribution in [0.4, 0.5) is 34.8 Å². The summed E-state index contributed by atoms with van der Waals surface area (Å²) in [6.45, 7) is 1.31. The number of carbonyl (C=O) groups is 1. The Morgan fingerprint density at radius 1 is 1.14 bits per heavy atom. The minimum Gasteiger partial charge on any atom is -0.495 e. The molecule has 3 rings (SSSR count). The standard InChI is InChI=1S/C19H16F4N4O2/c1-10(28)24-15-9-12(5-7-16(15)29-3)27(2)17-13-8-11(20)4-6-14(13)25-18(26-17)19(21,22)23/h4-9H,1-3H3,(H,24,28). The Morgan fingerprint density at radius 2 is 1.86 bits per heavy atom. The Hall–Kier alpha value is -3.43. The van der Waals surface area contributed by atoms with Gasteiger partial charge in [-0.15, -0.1) is 0 Å². The zero-order valence-electron chi connectivity index (χ0n) is 15.6. The lowest BCUT2D eigenvalue weighted by Crippen LogP contribution is -2.18. The second kappa shape index (κ2) is 7.53. The number of nitrogens with one attached hydrogen (secondary N) is 1. The van der Waals surface area contributed by atoms with Crippen LogP contribution < -0.4 is 15.0 Å². The van der Waals surface area contributed by atoms with E-state index < -0.39 is 17.8 Å². The SMILES string of the molecule is COc1ccc(N(C)c2nc(C(F)(F)F)nc3ccc(F)cc23)cc1NC(C)=O. The van der Waals surface area contributed by atoms with E-state index in [1.165, 1.54) is 32.0 Å². The van der Waals surface area contributed by atoms with Crippen LogP contribution in [0.2, 0.25) is 0 Å². The maximum Gasteiger partial charge on any atom is 0.451 e. The van der Waals surface area contributed by atoms with Crippen LogP contribution in [0.15, 0.2) is 36.4 Å². The Bertz CT molecular complexity index is 1090. The van der Waals surface area contributed by atoms with E-state index in [1.54, 1.807) is 12.1 Å². The fourth-order valence-electron chi connectivity index (χ4n) is 2.78. The highest BCUT2D eigenvalue weighted by Gasteiger charge is 2.36. The second-order valence-electron chi connectivity index (χ2n) is 6.15. The molecule has 6 nitrogen and oxygen atoms in total. The van der Waals surface area contributed by atoms with Gasteiger partial charge in [0, 0.05) is 25.0 Å². The predicted molar refractivity (Wildman–Crippen MR) is 99.9 cm³/mol. The number of alkyl halides is 3. The summed E-state index contributed by atoms with van der Waals surface area (Å²) in [6, 6.07) is 7.90. The summed E-state index contributed by atoms with van der Waals surface area (Å²) in [7, 11) is 2.90. The third-order valence-electron chi connectivity index (χ3n) is 4.09. The molecule has 1 aromatic heterocycles. The average molecular weight is 408 g/mol. The lowest BCUT2D eigenvalue weighted by atomic mass is 10.2. The first-order valence-corrected chi connectivity index (χ1v) is 8.34. The van der Waals surface area contributed by atoms with E-state index in [9.17, 15) is 22.4 Å². The van der Waals surface area contributed by atoms with E-state index in [0.29, 0.717) is 17.1 Å². The van der Waals surface area contributed by atoms with Crippen molar-refractivity contribution in [2.24, 2.45) is 0 Å². The number of anilines is 3. The van der Waals surface area contributed by atoms with Gasteiger partial charge in [0.2, 0.25) is 11.7 Å². The van der Waals surface area contributed by atoms with Crippen LogP contribution in [-0.4, -0.2) is 30.0 Å². The molecule has 0 atom stereocenters. The van der Waals surface area contributed by atoms with Gasteiger partial charge in [-0.1, -0.05) is 0 Å². The summed E-state index contributed by atoms with van der Waals surface area (Å²) in [6.07, 6.45) is -4.78. The molecule has 0 fully saturated rings. The van der Waals surface area contributed by atoms with E-state index in [0.717, 1.165) is 18.2 Å². The highest BCUT2D eigenvalue weighted by atomic mass is 19.4. The molecule has 0 saturated carbocycles. The molecule has 0 unspecified atom stereocenters. The maximum atomic E-state index is 13.8. The molecule has 1 N–H and O–H groups in total. The van der Waals surface area contributed by atoms with Crippen molar-refractivity contribution in [2.75, 3.05) is 24.4 Å². The summed E-state index contributed by atoms with van der Waals surface area (Å²) in [5.74, 6) is -2.09. The van der Waals surface area contributed by atoms with Crippen molar-refractivity contribution in [2.45, 2.75) is 13.1 Å². The van der Waals surface area contributed by atoms with Gasteiger partial charge in [-0.2, -0.15) is 13.2 Å². The normalized spacial score (nSPS) is 11.4. The first-order valence-electron chi connectivity index (χ1n) is 8.34. The third kappa shape index (κ3) is 4.20. The molecule has 1 amide bonds. The molecule has 0 saturated heterocycles. The zero-order chi connectivity index (χ0) is 21.3. The minimum atomic E-state index is -4.78. The lowest BCUT2D eigenvalue weighted by molar-refractivity contribution is -0.144. The molecule has 0 bridgehead atoms. The molecule has 0 aliphatic heterocycles. The van der Waals surface area contributed by atoms with Gasteiger partial charge >= 0.3 is 6.18 Å². The second-order valence-corrected chi connectivity index (χ2v) is 6.15. The molecular weight excluding hydrogens is 392 g/mol. The minimum absolute atomic E-state index is 0.0498. The van der Waals surface area contributed by atoms with Crippen molar-refractivity contribution in [1.82, 2.24) is 9.97 Å². The van der Waals surface area contributed by atoms with E-state index >= 15 is 0 Å². The number of aromatic nitrogens is 2. The summed E-state index contributed by atoms with van der Waals surface area (Å²) in [4.78, 5) is 19.9. The van der Waals surface area contributed by atoms with Crippen molar-refractivity contribution in [3.63, 3.8) is 0 Å². The van der Waals surface area contributed by atoms with Gasteiger partial charge in [0.15, 0.2) is 0 Å². The fraction of sp³-hybridized carbons (Fsp3) is 0.211. The van der Waals surface area contributed by atoms with Crippen LogP contribution in [0.1, 0.15) is 12.7 Å². The number of nitrogens with zero attached hydrogens (tertiary/aromatic N) is 3. The first-order chi connectivity index (χ1) is 13.6. The Kier molecular flexibility index (Phi) is 5.27. The third-order valence-corrected chi connectivity index (χ3v) is 4.09. The van der Waals surface area contributed by atoms with Crippen molar-refractivity contribution in [3.05, 3.63) is 48.0 Å². The number of rotatable bonds is 4. The smallest absolute Gasteiger partial charge is 0.451 e. The van der Waals surface area contributed by atoms with Crippen molar-refractivity contribution in [3.8, 4) is 5.75 Å². The van der Waals surface area contributed by atoms with Gasteiger partial charge in [-0.25, -0.2) is 14.4 Å².